The first kappa shape index (κ1) is 22.5. The number of nitrogens with one attached hydrogen (secondary N) is 1. The second-order valence-corrected chi connectivity index (χ2v) is 8.58. The van der Waals surface area contributed by atoms with Gasteiger partial charge in [0, 0.05) is 6.54 Å². The Hall–Kier alpha value is -3.23. The molecule has 0 amide bonds. The van der Waals surface area contributed by atoms with Crippen molar-refractivity contribution in [2.24, 2.45) is 0 Å². The van der Waals surface area contributed by atoms with Gasteiger partial charge in [-0.05, 0) is 73.0 Å². The standard InChI is InChI=1S/C23H22FNO5S/c1-16-3-12-21(15-22(16)23(26)29-2)31(27,28)25-14-13-17-4-8-19(9-5-17)30-20-10-6-18(24)7-11-20/h3-12,15,25H,13-14H2,1-2H3. The molecule has 0 fully saturated rings. The van der Waals surface area contributed by atoms with Gasteiger partial charge in [-0.15, -0.1) is 0 Å². The zero-order chi connectivity index (χ0) is 22.4. The van der Waals surface area contributed by atoms with Crippen LogP contribution in [0.15, 0.2) is 71.6 Å². The molecule has 3 rings (SSSR count). The van der Waals surface area contributed by atoms with E-state index in [4.69, 9.17) is 9.47 Å². The Kier molecular flexibility index (Phi) is 7.04. The van der Waals surface area contributed by atoms with Crippen LogP contribution in [0.25, 0.3) is 0 Å². The summed E-state index contributed by atoms with van der Waals surface area (Å²) in [6.07, 6.45) is 0.464. The minimum Gasteiger partial charge on any atom is -0.465 e. The Labute approximate surface area is 180 Å². The van der Waals surface area contributed by atoms with Crippen molar-refractivity contribution in [2.45, 2.75) is 18.2 Å². The number of ether oxygens (including phenoxy) is 2. The van der Waals surface area contributed by atoms with Crippen LogP contribution in [-0.4, -0.2) is 28.0 Å². The fourth-order valence-electron chi connectivity index (χ4n) is 2.87. The van der Waals surface area contributed by atoms with Crippen molar-refractivity contribution < 1.29 is 27.1 Å². The van der Waals surface area contributed by atoms with Crippen LogP contribution in [0, 0.1) is 12.7 Å². The molecule has 3 aromatic rings. The van der Waals surface area contributed by atoms with E-state index in [0.29, 0.717) is 23.5 Å². The summed E-state index contributed by atoms with van der Waals surface area (Å²) in [4.78, 5) is 11.8. The summed E-state index contributed by atoms with van der Waals surface area (Å²) in [5, 5.41) is 0. The maximum Gasteiger partial charge on any atom is 0.338 e. The third-order valence-electron chi connectivity index (χ3n) is 4.60. The summed E-state index contributed by atoms with van der Waals surface area (Å²) >= 11 is 0. The molecule has 8 heteroatoms. The summed E-state index contributed by atoms with van der Waals surface area (Å²) in [6, 6.07) is 17.2. The largest absolute Gasteiger partial charge is 0.465 e. The van der Waals surface area contributed by atoms with E-state index in [2.05, 4.69) is 4.72 Å². The summed E-state index contributed by atoms with van der Waals surface area (Å²) in [7, 11) is -2.53. The van der Waals surface area contributed by atoms with E-state index in [9.17, 15) is 17.6 Å². The lowest BCUT2D eigenvalue weighted by Crippen LogP contribution is -2.26. The molecule has 0 heterocycles. The zero-order valence-electron chi connectivity index (χ0n) is 17.1. The molecule has 0 aliphatic heterocycles. The molecule has 0 spiro atoms. The monoisotopic (exact) mass is 443 g/mol. The Morgan fingerprint density at radius 3 is 2.19 bits per heavy atom. The Bertz CT molecular complexity index is 1160. The number of carbonyl (C=O) groups excluding carboxylic acids is 1. The lowest BCUT2D eigenvalue weighted by Gasteiger charge is -2.10. The quantitative estimate of drug-likeness (QED) is 0.527. The van der Waals surface area contributed by atoms with Crippen molar-refractivity contribution in [3.05, 3.63) is 89.2 Å². The number of hydrogen-bond acceptors (Lipinski definition) is 5. The van der Waals surface area contributed by atoms with Gasteiger partial charge in [0.05, 0.1) is 17.6 Å². The van der Waals surface area contributed by atoms with Crippen LogP contribution in [0.1, 0.15) is 21.5 Å². The van der Waals surface area contributed by atoms with Crippen molar-refractivity contribution in [1.29, 1.82) is 0 Å². The van der Waals surface area contributed by atoms with Gasteiger partial charge in [-0.1, -0.05) is 18.2 Å². The number of halogens is 1. The molecule has 3 aromatic carbocycles. The highest BCUT2D eigenvalue weighted by Crippen LogP contribution is 2.22. The van der Waals surface area contributed by atoms with Crippen molar-refractivity contribution in [3.63, 3.8) is 0 Å². The van der Waals surface area contributed by atoms with E-state index in [-0.39, 0.29) is 22.8 Å². The third-order valence-corrected chi connectivity index (χ3v) is 6.06. The number of carbonyl (C=O) groups is 1. The maximum atomic E-state index is 13.0. The molecule has 0 bridgehead atoms. The van der Waals surface area contributed by atoms with E-state index < -0.39 is 16.0 Å². The fourth-order valence-corrected chi connectivity index (χ4v) is 3.93. The Morgan fingerprint density at radius 2 is 1.58 bits per heavy atom. The number of methoxy groups -OCH3 is 1. The lowest BCUT2D eigenvalue weighted by molar-refractivity contribution is 0.0599. The summed E-state index contributed by atoms with van der Waals surface area (Å²) in [6.45, 7) is 1.89. The molecule has 0 saturated carbocycles. The number of sulfonamides is 1. The summed E-state index contributed by atoms with van der Waals surface area (Å²) in [5.74, 6) is 0.187. The van der Waals surface area contributed by atoms with Crippen molar-refractivity contribution in [1.82, 2.24) is 4.72 Å². The highest BCUT2D eigenvalue weighted by molar-refractivity contribution is 7.89. The molecule has 0 aromatic heterocycles. The fraction of sp³-hybridized carbons (Fsp3) is 0.174. The molecule has 0 unspecified atom stereocenters. The van der Waals surface area contributed by atoms with Crippen molar-refractivity contribution in [2.75, 3.05) is 13.7 Å². The average Bonchev–Trinajstić information content (AvgIpc) is 2.76. The van der Waals surface area contributed by atoms with Crippen LogP contribution in [0.5, 0.6) is 11.5 Å². The number of hydrogen-bond donors (Lipinski definition) is 1. The van der Waals surface area contributed by atoms with Gasteiger partial charge in [-0.2, -0.15) is 0 Å². The van der Waals surface area contributed by atoms with E-state index in [0.717, 1.165) is 5.56 Å². The van der Waals surface area contributed by atoms with Gasteiger partial charge in [-0.25, -0.2) is 22.3 Å². The SMILES string of the molecule is COC(=O)c1cc(S(=O)(=O)NCCc2ccc(Oc3ccc(F)cc3)cc2)ccc1C. The second kappa shape index (κ2) is 9.72. The van der Waals surface area contributed by atoms with Gasteiger partial charge >= 0.3 is 5.97 Å². The predicted molar refractivity (Wildman–Crippen MR) is 114 cm³/mol. The first-order chi connectivity index (χ1) is 14.8. The van der Waals surface area contributed by atoms with E-state index in [1.54, 1.807) is 25.1 Å². The van der Waals surface area contributed by atoms with Crippen molar-refractivity contribution in [3.8, 4) is 11.5 Å². The molecule has 1 N–H and O–H groups in total. The minimum absolute atomic E-state index is 0.00143. The van der Waals surface area contributed by atoms with Gasteiger partial charge in [0.2, 0.25) is 10.0 Å². The predicted octanol–water partition coefficient (Wildman–Crippen LogP) is 4.23. The normalized spacial score (nSPS) is 11.2. The van der Waals surface area contributed by atoms with Gasteiger partial charge < -0.3 is 9.47 Å². The lowest BCUT2D eigenvalue weighted by atomic mass is 10.1. The smallest absolute Gasteiger partial charge is 0.338 e. The van der Waals surface area contributed by atoms with Gasteiger partial charge in [0.15, 0.2) is 0 Å². The molecule has 0 saturated heterocycles. The first-order valence-corrected chi connectivity index (χ1v) is 11.0. The molecular formula is C23H22FNO5S. The zero-order valence-corrected chi connectivity index (χ0v) is 17.9. The van der Waals surface area contributed by atoms with Crippen molar-refractivity contribution >= 4 is 16.0 Å². The topological polar surface area (TPSA) is 81.7 Å². The molecule has 6 nitrogen and oxygen atoms in total. The first-order valence-electron chi connectivity index (χ1n) is 9.49. The highest BCUT2D eigenvalue weighted by atomic mass is 32.2. The van der Waals surface area contributed by atoms with E-state index in [1.807, 2.05) is 12.1 Å². The highest BCUT2D eigenvalue weighted by Gasteiger charge is 2.18. The molecule has 162 valence electrons. The van der Waals surface area contributed by atoms with Crippen LogP contribution in [0.2, 0.25) is 0 Å². The number of benzene rings is 3. The minimum atomic E-state index is -3.78. The van der Waals surface area contributed by atoms with Gasteiger partial charge in [0.25, 0.3) is 0 Å². The van der Waals surface area contributed by atoms with Crippen LogP contribution in [-0.2, 0) is 21.2 Å². The number of aryl methyl sites for hydroxylation is 1. The van der Waals surface area contributed by atoms with Gasteiger partial charge in [0.1, 0.15) is 17.3 Å². The molecule has 0 radical (unpaired) electrons. The maximum absolute atomic E-state index is 13.0. The summed E-state index contributed by atoms with van der Waals surface area (Å²) < 4.78 is 51.0. The summed E-state index contributed by atoms with van der Waals surface area (Å²) in [5.41, 5.74) is 1.75. The van der Waals surface area contributed by atoms with Crippen LogP contribution in [0.3, 0.4) is 0 Å². The van der Waals surface area contributed by atoms with Crippen LogP contribution >= 0.6 is 0 Å². The number of rotatable bonds is 8. The van der Waals surface area contributed by atoms with E-state index in [1.165, 1.54) is 43.5 Å². The van der Waals surface area contributed by atoms with Crippen LogP contribution in [0.4, 0.5) is 4.39 Å². The van der Waals surface area contributed by atoms with Gasteiger partial charge in [-0.3, -0.25) is 0 Å². The molecule has 31 heavy (non-hydrogen) atoms. The molecule has 0 atom stereocenters. The molecular weight excluding hydrogens is 421 g/mol. The van der Waals surface area contributed by atoms with E-state index >= 15 is 0 Å². The second-order valence-electron chi connectivity index (χ2n) is 6.82. The molecule has 0 aliphatic rings. The third kappa shape index (κ3) is 5.90. The molecule has 0 aliphatic carbocycles. The Morgan fingerprint density at radius 1 is 0.968 bits per heavy atom. The van der Waals surface area contributed by atoms with Crippen LogP contribution < -0.4 is 9.46 Å². The average molecular weight is 443 g/mol. The Balaban J connectivity index is 1.59. The number of esters is 1.